The number of aromatic nitrogens is 4. The Bertz CT molecular complexity index is 1380. The van der Waals surface area contributed by atoms with E-state index in [-0.39, 0.29) is 52.0 Å². The van der Waals surface area contributed by atoms with Crippen molar-refractivity contribution in [1.29, 1.82) is 0 Å². The van der Waals surface area contributed by atoms with Crippen LogP contribution in [0.1, 0.15) is 42.4 Å². The molecule has 2 atom stereocenters. The van der Waals surface area contributed by atoms with Gasteiger partial charge in [-0.1, -0.05) is 29.3 Å². The van der Waals surface area contributed by atoms with Crippen LogP contribution in [0.2, 0.25) is 10.0 Å². The molecule has 3 aromatic rings. The molecule has 0 fully saturated rings. The number of carboxylic acids is 1. The van der Waals surface area contributed by atoms with Crippen LogP contribution in [-0.4, -0.2) is 55.6 Å². The van der Waals surface area contributed by atoms with Gasteiger partial charge in [-0.3, -0.25) is 25.0 Å². The summed E-state index contributed by atoms with van der Waals surface area (Å²) in [7, 11) is 0. The molecule has 14 nitrogen and oxygen atoms in total. The van der Waals surface area contributed by atoms with E-state index in [0.717, 1.165) is 4.68 Å². The van der Waals surface area contributed by atoms with Gasteiger partial charge >= 0.3 is 11.9 Å². The van der Waals surface area contributed by atoms with E-state index < -0.39 is 41.9 Å². The van der Waals surface area contributed by atoms with Gasteiger partial charge in [0.2, 0.25) is 6.79 Å². The van der Waals surface area contributed by atoms with Gasteiger partial charge in [0.15, 0.2) is 17.3 Å². The van der Waals surface area contributed by atoms with Crippen LogP contribution < -0.4 is 14.8 Å². The molecule has 0 aliphatic carbocycles. The number of aliphatic carboxylic acids is 1. The van der Waals surface area contributed by atoms with Crippen LogP contribution >= 0.6 is 23.2 Å². The summed E-state index contributed by atoms with van der Waals surface area (Å²) in [5.74, 6) is -1.44. The lowest BCUT2D eigenvalue weighted by Crippen LogP contribution is -2.32. The number of hydrogen-bond acceptors (Lipinski definition) is 11. The lowest BCUT2D eigenvalue weighted by Gasteiger charge is -2.25. The van der Waals surface area contributed by atoms with E-state index in [1.165, 1.54) is 24.3 Å². The van der Waals surface area contributed by atoms with Gasteiger partial charge in [-0.25, -0.2) is 4.68 Å². The molecule has 200 valence electrons. The molecule has 2 heterocycles. The number of ether oxygens (including phenoxy) is 3. The summed E-state index contributed by atoms with van der Waals surface area (Å²) >= 11 is 12.2. The van der Waals surface area contributed by atoms with Gasteiger partial charge in [-0.15, -0.1) is 5.10 Å². The molecule has 2 N–H and O–H groups in total. The highest BCUT2D eigenvalue weighted by molar-refractivity contribution is 6.42. The highest BCUT2D eigenvalue weighted by Crippen LogP contribution is 2.42. The predicted octanol–water partition coefficient (Wildman–Crippen LogP) is 3.07. The van der Waals surface area contributed by atoms with Gasteiger partial charge in [-0.2, -0.15) is 0 Å². The van der Waals surface area contributed by atoms with Crippen molar-refractivity contribution < 1.29 is 33.8 Å². The van der Waals surface area contributed by atoms with Gasteiger partial charge in [0.25, 0.3) is 5.69 Å². The smallest absolute Gasteiger partial charge is 0.327 e. The number of halogens is 2. The zero-order valence-corrected chi connectivity index (χ0v) is 21.2. The zero-order chi connectivity index (χ0) is 27.4. The summed E-state index contributed by atoms with van der Waals surface area (Å²) in [6, 6.07) is 4.97. The third-order valence-corrected chi connectivity index (χ3v) is 6.26. The molecule has 1 aliphatic heterocycles. The quantitative estimate of drug-likeness (QED) is 0.197. The largest absolute Gasteiger partial charge is 0.481 e. The number of fused-ring (bicyclic) bond motifs is 1. The van der Waals surface area contributed by atoms with Crippen LogP contribution in [0.15, 0.2) is 30.3 Å². The minimum Gasteiger partial charge on any atom is -0.481 e. The van der Waals surface area contributed by atoms with E-state index >= 15 is 0 Å². The Labute approximate surface area is 224 Å². The SMILES string of the molecule is CCOC(=O)Cn1nnnc1C(NC(CC(=O)O)c1ccc(Cl)c(Cl)c1)c1cc2c(cc1[N+](=O)[O-])OCO2. The van der Waals surface area contributed by atoms with Gasteiger partial charge in [0.05, 0.1) is 39.6 Å². The van der Waals surface area contributed by atoms with Crippen LogP contribution in [0.25, 0.3) is 0 Å². The Morgan fingerprint density at radius 1 is 1.24 bits per heavy atom. The number of esters is 1. The molecule has 2 aromatic carbocycles. The molecule has 0 bridgehead atoms. The molecule has 0 saturated carbocycles. The average Bonchev–Trinajstić information content (AvgIpc) is 3.51. The average molecular weight is 567 g/mol. The fraction of sp³-hybridized carbons (Fsp3) is 0.318. The van der Waals surface area contributed by atoms with Crippen molar-refractivity contribution >= 4 is 40.8 Å². The van der Waals surface area contributed by atoms with Crippen molar-refractivity contribution in [2.75, 3.05) is 13.4 Å². The lowest BCUT2D eigenvalue weighted by atomic mass is 9.98. The number of hydrogen-bond donors (Lipinski definition) is 2. The maximum atomic E-state index is 12.2. The summed E-state index contributed by atoms with van der Waals surface area (Å²) < 4.78 is 16.8. The summed E-state index contributed by atoms with van der Waals surface area (Å²) in [5, 5.41) is 36.7. The number of nitrogens with one attached hydrogen (secondary N) is 1. The first kappa shape index (κ1) is 27.0. The number of carbonyl (C=O) groups excluding carboxylic acids is 1. The molecule has 1 aromatic heterocycles. The summed E-state index contributed by atoms with van der Waals surface area (Å²) in [6.45, 7) is 1.21. The van der Waals surface area contributed by atoms with Crippen molar-refractivity contribution in [3.05, 3.63) is 67.4 Å². The summed E-state index contributed by atoms with van der Waals surface area (Å²) in [4.78, 5) is 35.5. The van der Waals surface area contributed by atoms with Crippen LogP contribution in [0, 0.1) is 10.1 Å². The van der Waals surface area contributed by atoms with E-state index in [2.05, 4.69) is 20.8 Å². The second kappa shape index (κ2) is 11.6. The zero-order valence-electron chi connectivity index (χ0n) is 19.7. The molecule has 2 unspecified atom stereocenters. The Hall–Kier alpha value is -4.01. The Morgan fingerprint density at radius 2 is 1.97 bits per heavy atom. The summed E-state index contributed by atoms with van der Waals surface area (Å²) in [5.41, 5.74) is 0.0925. The predicted molar refractivity (Wildman–Crippen MR) is 130 cm³/mol. The number of carboxylic acid groups (broad SMARTS) is 1. The fourth-order valence-corrected chi connectivity index (χ4v) is 4.18. The fourth-order valence-electron chi connectivity index (χ4n) is 3.88. The molecule has 0 spiro atoms. The van der Waals surface area contributed by atoms with Crippen molar-refractivity contribution in [2.24, 2.45) is 0 Å². The topological polar surface area (TPSA) is 181 Å². The number of rotatable bonds is 11. The summed E-state index contributed by atoms with van der Waals surface area (Å²) in [6.07, 6.45) is -0.452. The van der Waals surface area contributed by atoms with Gasteiger partial charge < -0.3 is 19.3 Å². The lowest BCUT2D eigenvalue weighted by molar-refractivity contribution is -0.385. The molecule has 0 radical (unpaired) electrons. The molecule has 16 heteroatoms. The van der Waals surface area contributed by atoms with Crippen molar-refractivity contribution in [2.45, 2.75) is 32.0 Å². The minimum atomic E-state index is -1.20. The van der Waals surface area contributed by atoms with Crippen molar-refractivity contribution in [3.8, 4) is 11.5 Å². The number of carbonyl (C=O) groups is 2. The number of nitro groups is 1. The number of nitro benzene ring substituents is 1. The van der Waals surface area contributed by atoms with Gasteiger partial charge in [0, 0.05) is 6.04 Å². The van der Waals surface area contributed by atoms with Gasteiger partial charge in [-0.05, 0) is 41.1 Å². The van der Waals surface area contributed by atoms with Crippen LogP contribution in [0.3, 0.4) is 0 Å². The number of nitrogens with zero attached hydrogens (tertiary/aromatic N) is 5. The van der Waals surface area contributed by atoms with Crippen LogP contribution in [-0.2, 0) is 20.9 Å². The first-order chi connectivity index (χ1) is 18.2. The monoisotopic (exact) mass is 566 g/mol. The molecule has 1 aliphatic rings. The number of benzene rings is 2. The van der Waals surface area contributed by atoms with E-state index in [0.29, 0.717) is 5.56 Å². The Morgan fingerprint density at radius 3 is 2.63 bits per heavy atom. The third-order valence-electron chi connectivity index (χ3n) is 5.52. The molecule has 38 heavy (non-hydrogen) atoms. The molecular formula is C22H20Cl2N6O8. The Balaban J connectivity index is 1.86. The first-order valence-electron chi connectivity index (χ1n) is 11.1. The van der Waals surface area contributed by atoms with E-state index in [1.54, 1.807) is 13.0 Å². The third kappa shape index (κ3) is 5.93. The van der Waals surface area contributed by atoms with Gasteiger partial charge in [0.1, 0.15) is 12.6 Å². The maximum Gasteiger partial charge on any atom is 0.327 e. The molecule has 4 rings (SSSR count). The van der Waals surface area contributed by atoms with Crippen molar-refractivity contribution in [3.63, 3.8) is 0 Å². The van der Waals surface area contributed by atoms with E-state index in [1.807, 2.05) is 0 Å². The Kier molecular flexibility index (Phi) is 8.24. The molecule has 0 amide bonds. The highest BCUT2D eigenvalue weighted by atomic mass is 35.5. The standard InChI is InChI=1S/C22H20Cl2N6O8/c1-2-36-20(33)9-29-22(26-27-28-29)21(12-6-17-18(38-10-37-17)8-16(12)30(34)35)25-15(7-19(31)32)11-3-4-13(23)14(24)5-11/h3-6,8,15,21,25H,2,7,9-10H2,1H3,(H,31,32). The normalized spacial score (nSPS) is 13.7. The van der Waals surface area contributed by atoms with Crippen LogP contribution in [0.4, 0.5) is 5.69 Å². The van der Waals surface area contributed by atoms with Crippen molar-refractivity contribution in [1.82, 2.24) is 25.5 Å². The second-order valence-corrected chi connectivity index (χ2v) is 8.76. The minimum absolute atomic E-state index is 0.0181. The molecule has 0 saturated heterocycles. The number of tetrazole rings is 1. The van der Waals surface area contributed by atoms with E-state index in [9.17, 15) is 24.8 Å². The highest BCUT2D eigenvalue weighted by Gasteiger charge is 2.34. The second-order valence-electron chi connectivity index (χ2n) is 7.94. The van der Waals surface area contributed by atoms with Crippen LogP contribution in [0.5, 0.6) is 11.5 Å². The first-order valence-corrected chi connectivity index (χ1v) is 11.9. The van der Waals surface area contributed by atoms with E-state index in [4.69, 9.17) is 37.4 Å². The molecular weight excluding hydrogens is 547 g/mol. The maximum absolute atomic E-state index is 12.2.